The van der Waals surface area contributed by atoms with Crippen molar-refractivity contribution in [2.75, 3.05) is 24.6 Å². The number of ether oxygens (including phenoxy) is 1. The zero-order valence-electron chi connectivity index (χ0n) is 11.1. The molecule has 3 nitrogen and oxygen atoms in total. The van der Waals surface area contributed by atoms with E-state index in [4.69, 9.17) is 4.74 Å². The molecule has 18 heavy (non-hydrogen) atoms. The summed E-state index contributed by atoms with van der Waals surface area (Å²) in [7, 11) is 0. The average molecular weight is 253 g/mol. The highest BCUT2D eigenvalue weighted by Gasteiger charge is 2.30. The van der Waals surface area contributed by atoms with E-state index in [1.165, 1.54) is 6.07 Å². The maximum absolute atomic E-state index is 14.1. The normalized spacial score (nSPS) is 20.8. The van der Waals surface area contributed by atoms with Crippen molar-refractivity contribution in [1.29, 1.82) is 0 Å². The molecule has 1 aromatic carbocycles. The molecule has 1 atom stereocenters. The number of anilines is 1. The summed E-state index contributed by atoms with van der Waals surface area (Å²) < 4.78 is 19.7. The van der Waals surface area contributed by atoms with E-state index in [0.29, 0.717) is 30.9 Å². The average Bonchev–Trinajstić information content (AvgIpc) is 2.27. The molecule has 0 aliphatic carbocycles. The number of benzene rings is 1. The molecule has 4 heteroatoms. The van der Waals surface area contributed by atoms with Gasteiger partial charge in [-0.3, -0.25) is 0 Å². The number of nitrogens with zero attached hydrogens (tertiary/aromatic N) is 1. The van der Waals surface area contributed by atoms with Gasteiger partial charge in [-0.2, -0.15) is 0 Å². The Morgan fingerprint density at radius 1 is 1.44 bits per heavy atom. The zero-order chi connectivity index (χ0) is 13.3. The summed E-state index contributed by atoms with van der Waals surface area (Å²) in [5, 5.41) is 9.77. The Labute approximate surface area is 107 Å². The number of hydrogen-bond donors (Lipinski definition) is 1. The van der Waals surface area contributed by atoms with Crippen LogP contribution in [-0.4, -0.2) is 30.4 Å². The van der Waals surface area contributed by atoms with Gasteiger partial charge in [-0.15, -0.1) is 0 Å². The Kier molecular flexibility index (Phi) is 3.59. The predicted molar refractivity (Wildman–Crippen MR) is 69.3 cm³/mol. The number of morpholine rings is 1. The van der Waals surface area contributed by atoms with Gasteiger partial charge in [0.05, 0.1) is 24.0 Å². The summed E-state index contributed by atoms with van der Waals surface area (Å²) >= 11 is 0. The first-order valence-electron chi connectivity index (χ1n) is 6.26. The molecule has 100 valence electrons. The number of halogens is 1. The summed E-state index contributed by atoms with van der Waals surface area (Å²) in [4.78, 5) is 1.96. The van der Waals surface area contributed by atoms with Gasteiger partial charge in [0.1, 0.15) is 5.82 Å². The maximum Gasteiger partial charge on any atom is 0.146 e. The fourth-order valence-electron chi connectivity index (χ4n) is 2.41. The van der Waals surface area contributed by atoms with E-state index in [-0.39, 0.29) is 11.4 Å². The number of para-hydroxylation sites is 1. The van der Waals surface area contributed by atoms with Gasteiger partial charge in [-0.1, -0.05) is 12.1 Å². The molecule has 0 spiro atoms. The molecule has 0 aromatic heterocycles. The van der Waals surface area contributed by atoms with Crippen molar-refractivity contribution in [3.8, 4) is 0 Å². The van der Waals surface area contributed by atoms with Crippen molar-refractivity contribution < 1.29 is 14.2 Å². The minimum atomic E-state index is -0.679. The Balaban J connectivity index is 2.38. The second kappa shape index (κ2) is 4.86. The van der Waals surface area contributed by atoms with E-state index >= 15 is 0 Å². The fourth-order valence-corrected chi connectivity index (χ4v) is 2.41. The van der Waals surface area contributed by atoms with E-state index in [0.717, 1.165) is 0 Å². The molecule has 1 unspecified atom stereocenters. The maximum atomic E-state index is 14.1. The van der Waals surface area contributed by atoms with Gasteiger partial charge in [0.15, 0.2) is 0 Å². The summed E-state index contributed by atoms with van der Waals surface area (Å²) in [6.07, 6.45) is -0.679. The summed E-state index contributed by atoms with van der Waals surface area (Å²) in [6.45, 7) is 7.46. The van der Waals surface area contributed by atoms with Crippen molar-refractivity contribution in [1.82, 2.24) is 0 Å². The molecule has 1 saturated heterocycles. The second-order valence-corrected chi connectivity index (χ2v) is 5.38. The number of aliphatic hydroxyl groups excluding tert-OH is 1. The van der Waals surface area contributed by atoms with Crippen molar-refractivity contribution >= 4 is 5.69 Å². The summed E-state index contributed by atoms with van der Waals surface area (Å²) in [5.41, 5.74) is 0.841. The van der Waals surface area contributed by atoms with E-state index < -0.39 is 6.10 Å². The minimum Gasteiger partial charge on any atom is -0.389 e. The van der Waals surface area contributed by atoms with Gasteiger partial charge in [-0.05, 0) is 26.8 Å². The van der Waals surface area contributed by atoms with Crippen LogP contribution in [-0.2, 0) is 4.74 Å². The van der Waals surface area contributed by atoms with Crippen LogP contribution in [0.4, 0.5) is 10.1 Å². The third-order valence-electron chi connectivity index (χ3n) is 3.21. The fraction of sp³-hybridized carbons (Fsp3) is 0.571. The summed E-state index contributed by atoms with van der Waals surface area (Å²) in [5.74, 6) is -0.286. The second-order valence-electron chi connectivity index (χ2n) is 5.38. The van der Waals surface area contributed by atoms with Gasteiger partial charge < -0.3 is 14.7 Å². The molecule has 0 amide bonds. The smallest absolute Gasteiger partial charge is 0.146 e. The first kappa shape index (κ1) is 13.3. The van der Waals surface area contributed by atoms with Crippen LogP contribution in [0.15, 0.2) is 18.2 Å². The Hall–Kier alpha value is -1.13. The first-order chi connectivity index (χ1) is 8.41. The zero-order valence-corrected chi connectivity index (χ0v) is 11.1. The van der Waals surface area contributed by atoms with E-state index in [9.17, 15) is 9.50 Å². The molecule has 1 heterocycles. The quantitative estimate of drug-likeness (QED) is 0.879. The number of hydrogen-bond acceptors (Lipinski definition) is 3. The van der Waals surface area contributed by atoms with Crippen LogP contribution in [0.2, 0.25) is 0 Å². The van der Waals surface area contributed by atoms with Crippen molar-refractivity contribution in [3.05, 3.63) is 29.6 Å². The number of aliphatic hydroxyl groups is 1. The molecule has 1 aliphatic heterocycles. The lowest BCUT2D eigenvalue weighted by molar-refractivity contribution is -0.0279. The van der Waals surface area contributed by atoms with Crippen LogP contribution < -0.4 is 4.90 Å². The lowest BCUT2D eigenvalue weighted by Gasteiger charge is -2.40. The minimum absolute atomic E-state index is 0.286. The van der Waals surface area contributed by atoms with Crippen LogP contribution in [0.25, 0.3) is 0 Å². The molecular formula is C14H20FNO2. The molecule has 0 bridgehead atoms. The largest absolute Gasteiger partial charge is 0.389 e. The van der Waals surface area contributed by atoms with Crippen LogP contribution in [0.1, 0.15) is 32.4 Å². The Morgan fingerprint density at radius 3 is 2.78 bits per heavy atom. The standard InChI is InChI=1S/C14H20FNO2/c1-10(17)11-5-4-6-12(15)13(11)16-7-8-18-14(2,3)9-16/h4-6,10,17H,7-9H2,1-3H3. The van der Waals surface area contributed by atoms with Crippen LogP contribution >= 0.6 is 0 Å². The third-order valence-corrected chi connectivity index (χ3v) is 3.21. The Bertz CT molecular complexity index is 432. The van der Waals surface area contributed by atoms with Crippen LogP contribution in [0, 0.1) is 5.82 Å². The van der Waals surface area contributed by atoms with Crippen molar-refractivity contribution in [3.63, 3.8) is 0 Å². The van der Waals surface area contributed by atoms with Crippen molar-refractivity contribution in [2.24, 2.45) is 0 Å². The Morgan fingerprint density at radius 2 is 2.17 bits per heavy atom. The molecule has 1 aromatic rings. The third kappa shape index (κ3) is 2.65. The van der Waals surface area contributed by atoms with Gasteiger partial charge in [0.2, 0.25) is 0 Å². The number of rotatable bonds is 2. The van der Waals surface area contributed by atoms with Gasteiger partial charge >= 0.3 is 0 Å². The SMILES string of the molecule is CC(O)c1cccc(F)c1N1CCOC(C)(C)C1. The van der Waals surface area contributed by atoms with Gasteiger partial charge in [-0.25, -0.2) is 4.39 Å². The molecule has 0 saturated carbocycles. The van der Waals surface area contributed by atoms with Gasteiger partial charge in [0.25, 0.3) is 0 Å². The molecule has 0 radical (unpaired) electrons. The molecule has 1 fully saturated rings. The highest BCUT2D eigenvalue weighted by atomic mass is 19.1. The molecule has 2 rings (SSSR count). The van der Waals surface area contributed by atoms with E-state index in [1.807, 2.05) is 18.7 Å². The predicted octanol–water partition coefficient (Wildman–Crippen LogP) is 2.49. The van der Waals surface area contributed by atoms with E-state index in [2.05, 4.69) is 0 Å². The van der Waals surface area contributed by atoms with Crippen LogP contribution in [0.3, 0.4) is 0 Å². The molecule has 1 aliphatic rings. The lowest BCUT2D eigenvalue weighted by Crippen LogP contribution is -2.49. The van der Waals surface area contributed by atoms with Crippen LogP contribution in [0.5, 0.6) is 0 Å². The summed E-state index contributed by atoms with van der Waals surface area (Å²) in [6, 6.07) is 4.84. The highest BCUT2D eigenvalue weighted by molar-refractivity contribution is 5.56. The van der Waals surface area contributed by atoms with E-state index in [1.54, 1.807) is 19.1 Å². The van der Waals surface area contributed by atoms with Gasteiger partial charge in [0, 0.05) is 18.7 Å². The first-order valence-corrected chi connectivity index (χ1v) is 6.26. The highest BCUT2D eigenvalue weighted by Crippen LogP contribution is 2.32. The molecular weight excluding hydrogens is 233 g/mol. The van der Waals surface area contributed by atoms with Crippen molar-refractivity contribution in [2.45, 2.75) is 32.5 Å². The lowest BCUT2D eigenvalue weighted by atomic mass is 10.0. The molecule has 1 N–H and O–H groups in total. The topological polar surface area (TPSA) is 32.7 Å². The monoisotopic (exact) mass is 253 g/mol.